The van der Waals surface area contributed by atoms with Crippen molar-refractivity contribution in [3.63, 3.8) is 0 Å². The number of aromatic nitrogens is 1. The average Bonchev–Trinajstić information content (AvgIpc) is 3.06. The van der Waals surface area contributed by atoms with Crippen molar-refractivity contribution in [3.05, 3.63) is 42.5 Å². The third kappa shape index (κ3) is 18.2. The maximum Gasteiger partial charge on any atom is 1.00 e. The van der Waals surface area contributed by atoms with Gasteiger partial charge in [-0.3, -0.25) is 18.4 Å². The van der Waals surface area contributed by atoms with Gasteiger partial charge in [-0.05, 0) is 36.4 Å². The number of azo groups is 2. The van der Waals surface area contributed by atoms with Crippen LogP contribution in [0.1, 0.15) is 0 Å². The molecule has 0 fully saturated rings. The van der Waals surface area contributed by atoms with E-state index in [1.807, 2.05) is 0 Å². The van der Waals surface area contributed by atoms with Gasteiger partial charge in [0.05, 0.1) is 44.3 Å². The third-order valence-electron chi connectivity index (χ3n) is 5.77. The minimum atomic E-state index is -5.37. The minimum absolute atomic E-state index is 0. The predicted octanol–water partition coefficient (Wildman–Crippen LogP) is -11.9. The molecule has 0 aliphatic rings. The second-order valence-corrected chi connectivity index (χ2v) is 17.0. The van der Waals surface area contributed by atoms with Crippen molar-refractivity contribution in [2.75, 3.05) is 36.2 Å². The summed E-state index contributed by atoms with van der Waals surface area (Å²) in [4.78, 5) is 0.302. The molecule has 286 valence electrons. The van der Waals surface area contributed by atoms with Crippen LogP contribution in [0.3, 0.4) is 0 Å². The number of pyridine rings is 1. The standard InChI is InChI=1S/C21H23N7O18S6.4Na/c22-20-16(27-25-14-3-1-12(9-18(14)51(35,36)37)49(31,32)7-5-41-47-45-43-29)11-17(21(23)24-20)28-26-15-4-2-13(10-19(15)52(38,39)40)50(33,34)8-6-42-48-46-44-30;;;;/h1-4,9-11,29-30H,5-8H2,(H4,22,23,24)(H,35,36,37)(H,38,39,40);;;;/q;4*+1/p-4. The zero-order chi connectivity index (χ0) is 38.7. The van der Waals surface area contributed by atoms with E-state index in [4.69, 9.17) is 11.5 Å². The molecule has 3 aromatic rings. The number of sulfone groups is 2. The van der Waals surface area contributed by atoms with Gasteiger partial charge in [0.25, 0.3) is 0 Å². The fraction of sp³-hybridized carbons (Fsp3) is 0.190. The molecule has 35 heteroatoms. The van der Waals surface area contributed by atoms with Gasteiger partial charge in [0.15, 0.2) is 56.0 Å². The van der Waals surface area contributed by atoms with Crippen LogP contribution in [-0.4, -0.2) is 72.5 Å². The van der Waals surface area contributed by atoms with Gasteiger partial charge in [-0.2, -0.15) is 0 Å². The molecular formula is C21H19N7Na4O18S6. The van der Waals surface area contributed by atoms with E-state index in [-0.39, 0.29) is 154 Å². The molecule has 0 spiro atoms. The van der Waals surface area contributed by atoms with E-state index < -0.39 is 107 Å². The summed E-state index contributed by atoms with van der Waals surface area (Å²) < 4.78 is 139. The van der Waals surface area contributed by atoms with Gasteiger partial charge in [-0.15, -0.1) is 29.1 Å². The van der Waals surface area contributed by atoms with Crippen molar-refractivity contribution in [2.24, 2.45) is 20.5 Å². The van der Waals surface area contributed by atoms with Gasteiger partial charge in [0.1, 0.15) is 43.0 Å². The van der Waals surface area contributed by atoms with Crippen LogP contribution in [-0.2, 0) is 67.0 Å². The molecular weight excluding hydrogens is 923 g/mol. The first-order chi connectivity index (χ1) is 24.3. The Kier molecular flexibility index (Phi) is 28.0. The van der Waals surface area contributed by atoms with E-state index in [1.165, 1.54) is 0 Å². The predicted molar refractivity (Wildman–Crippen MR) is 166 cm³/mol. The van der Waals surface area contributed by atoms with Crippen LogP contribution in [0.15, 0.2) is 82.5 Å². The molecule has 0 aliphatic heterocycles. The number of nitrogens with zero attached hydrogens (tertiary/aromatic N) is 5. The van der Waals surface area contributed by atoms with Gasteiger partial charge in [0.2, 0.25) is 0 Å². The molecule has 0 amide bonds. The Bertz CT molecular complexity index is 2120. The molecule has 1 aromatic heterocycles. The third-order valence-corrected chi connectivity index (χ3v) is 11.6. The van der Waals surface area contributed by atoms with Crippen LogP contribution in [0.4, 0.5) is 34.4 Å². The summed E-state index contributed by atoms with van der Waals surface area (Å²) in [5.41, 5.74) is 9.57. The second-order valence-electron chi connectivity index (χ2n) is 9.05. The van der Waals surface area contributed by atoms with Gasteiger partial charge in [-0.25, -0.2) is 38.7 Å². The Balaban J connectivity index is 0. The molecule has 56 heavy (non-hydrogen) atoms. The Morgan fingerprint density at radius 3 is 1.23 bits per heavy atom. The van der Waals surface area contributed by atoms with Crippen molar-refractivity contribution in [2.45, 2.75) is 19.6 Å². The average molecular weight is 942 g/mol. The number of benzene rings is 2. The summed E-state index contributed by atoms with van der Waals surface area (Å²) in [5, 5.41) is 40.2. The van der Waals surface area contributed by atoms with Crippen LogP contribution in [0.25, 0.3) is 0 Å². The number of nitrogens with two attached hydrogens (primary N) is 2. The molecule has 0 radical (unpaired) electrons. The molecule has 0 bridgehead atoms. The van der Waals surface area contributed by atoms with E-state index in [9.17, 15) is 53.3 Å². The minimum Gasteiger partial charge on any atom is -0.744 e. The zero-order valence-corrected chi connectivity index (χ0v) is 42.0. The van der Waals surface area contributed by atoms with Crippen LogP contribution < -0.4 is 140 Å². The molecule has 1 heterocycles. The van der Waals surface area contributed by atoms with Gasteiger partial charge >= 0.3 is 118 Å². The number of anilines is 2. The fourth-order valence-corrected chi connectivity index (χ4v) is 7.77. The zero-order valence-electron chi connectivity index (χ0n) is 29.1. The van der Waals surface area contributed by atoms with Crippen molar-refractivity contribution in [1.29, 1.82) is 0 Å². The number of nitrogen functional groups attached to an aromatic ring is 2. The van der Waals surface area contributed by atoms with E-state index in [0.29, 0.717) is 12.1 Å². The molecule has 2 aromatic carbocycles. The Morgan fingerprint density at radius 1 is 0.571 bits per heavy atom. The summed E-state index contributed by atoms with van der Waals surface area (Å²) in [6, 6.07) is 5.50. The smallest absolute Gasteiger partial charge is 0.744 e. The molecule has 4 N–H and O–H groups in total. The first kappa shape index (κ1) is 58.6. The van der Waals surface area contributed by atoms with Crippen LogP contribution in [0.5, 0.6) is 0 Å². The maximum absolute atomic E-state index is 12.6. The summed E-state index contributed by atoms with van der Waals surface area (Å²) >= 11 is 0.0670. The number of hydrogen-bond donors (Lipinski definition) is 2. The van der Waals surface area contributed by atoms with Gasteiger partial charge in [0, 0.05) is 6.07 Å². The Morgan fingerprint density at radius 2 is 0.911 bits per heavy atom. The maximum atomic E-state index is 12.6. The van der Waals surface area contributed by atoms with Crippen molar-refractivity contribution in [1.82, 2.24) is 4.98 Å². The van der Waals surface area contributed by atoms with Crippen molar-refractivity contribution < 1.29 is 199 Å². The van der Waals surface area contributed by atoms with Gasteiger partial charge < -0.3 is 31.1 Å². The van der Waals surface area contributed by atoms with Crippen LogP contribution in [0, 0.1) is 0 Å². The Hall–Kier alpha value is 0.490. The molecule has 0 saturated carbocycles. The van der Waals surface area contributed by atoms with E-state index >= 15 is 0 Å². The summed E-state index contributed by atoms with van der Waals surface area (Å²) in [6.45, 7) is -1.09. The van der Waals surface area contributed by atoms with Crippen molar-refractivity contribution in [3.8, 4) is 0 Å². The molecule has 25 nitrogen and oxygen atoms in total. The largest absolute Gasteiger partial charge is 1.00 e. The monoisotopic (exact) mass is 941 g/mol. The molecule has 0 unspecified atom stereocenters. The molecule has 0 atom stereocenters. The number of rotatable bonds is 20. The first-order valence-corrected chi connectivity index (χ1v) is 20.3. The Labute approximate surface area is 415 Å². The van der Waals surface area contributed by atoms with Crippen LogP contribution >= 0.6 is 24.6 Å². The molecule has 3 rings (SSSR count). The van der Waals surface area contributed by atoms with Crippen LogP contribution in [0.2, 0.25) is 0 Å². The molecule has 0 saturated heterocycles. The van der Waals surface area contributed by atoms with Gasteiger partial charge in [-0.1, -0.05) is 0 Å². The summed E-state index contributed by atoms with van der Waals surface area (Å²) in [5.74, 6) is -2.35. The summed E-state index contributed by atoms with van der Waals surface area (Å²) in [6.07, 6.45) is 0. The number of hydrogen-bond acceptors (Lipinski definition) is 27. The normalized spacial score (nSPS) is 12.1. The topological polar surface area (TPSA) is 399 Å². The fourth-order valence-electron chi connectivity index (χ4n) is 3.49. The van der Waals surface area contributed by atoms with E-state index in [1.54, 1.807) is 0 Å². The summed E-state index contributed by atoms with van der Waals surface area (Å²) in [7, 11) is -19.2. The van der Waals surface area contributed by atoms with Crippen molar-refractivity contribution >= 4 is 98.9 Å². The quantitative estimate of drug-likeness (QED) is 0.0202. The van der Waals surface area contributed by atoms with E-state index in [0.717, 1.165) is 30.3 Å². The SMILES string of the molecule is Nc1nc(N)c(N=Nc2ccc(S(=O)(=O)CCOSOO[O-])cc2S(=O)(=O)[O-])cc1N=Nc1ccc(S(=O)(=O)CCOSOO[O-])cc1S(=O)(=O)[O-].[Na+].[Na+].[Na+].[Na+]. The first-order valence-electron chi connectivity index (χ1n) is 12.8. The second kappa shape index (κ2) is 26.7. The van der Waals surface area contributed by atoms with E-state index in [2.05, 4.69) is 52.6 Å². The molecule has 0 aliphatic carbocycles.